The van der Waals surface area contributed by atoms with Gasteiger partial charge in [0.2, 0.25) is 0 Å². The van der Waals surface area contributed by atoms with Crippen molar-refractivity contribution in [1.82, 2.24) is 4.98 Å². The third kappa shape index (κ3) is 2.19. The number of hydrogen-bond acceptors (Lipinski definition) is 2. The van der Waals surface area contributed by atoms with Gasteiger partial charge in [-0.2, -0.15) is 0 Å². The van der Waals surface area contributed by atoms with E-state index in [9.17, 15) is 5.11 Å². The van der Waals surface area contributed by atoms with E-state index >= 15 is 0 Å². The van der Waals surface area contributed by atoms with Crippen LogP contribution in [0.25, 0.3) is 10.9 Å². The molecule has 68 valence electrons. The summed E-state index contributed by atoms with van der Waals surface area (Å²) in [5.41, 5.74) is 0.679. The molecule has 1 aromatic carbocycles. The van der Waals surface area contributed by atoms with Gasteiger partial charge in [0.1, 0.15) is 5.52 Å². The number of aromatic nitrogens is 1. The fourth-order valence-electron chi connectivity index (χ4n) is 1.16. The number of rotatable bonds is 0. The molecule has 0 fully saturated rings. The molecule has 1 heterocycles. The van der Waals surface area contributed by atoms with Crippen LogP contribution in [0.3, 0.4) is 0 Å². The minimum Gasteiger partial charge on any atom is -0.505 e. The van der Waals surface area contributed by atoms with Crippen molar-refractivity contribution >= 4 is 56.1 Å². The van der Waals surface area contributed by atoms with E-state index in [4.69, 9.17) is 0 Å². The summed E-state index contributed by atoms with van der Waals surface area (Å²) in [7, 11) is 0. The van der Waals surface area contributed by atoms with Gasteiger partial charge in [-0.1, -0.05) is 6.07 Å². The number of hydrogen-bond donors (Lipinski definition) is 1. The largest absolute Gasteiger partial charge is 0.505 e. The molecular formula is C9H5I2NOZn. The van der Waals surface area contributed by atoms with Gasteiger partial charge in [-0.15, -0.1) is 0 Å². The molecule has 0 aliphatic heterocycles. The molecule has 0 bridgehead atoms. The van der Waals surface area contributed by atoms with E-state index in [0.717, 1.165) is 12.5 Å². The summed E-state index contributed by atoms with van der Waals surface area (Å²) in [5, 5.41) is 10.7. The number of phenolic OH excluding ortho intramolecular Hbond substituents is 1. The first-order valence-corrected chi connectivity index (χ1v) is 5.77. The minimum absolute atomic E-state index is 0. The van der Waals surface area contributed by atoms with Crippen molar-refractivity contribution in [2.24, 2.45) is 0 Å². The Kier molecular flexibility index (Phi) is 4.52. The number of aromatic hydroxyl groups is 1. The summed E-state index contributed by atoms with van der Waals surface area (Å²) in [6, 6.07) is 5.77. The maximum atomic E-state index is 9.71. The van der Waals surface area contributed by atoms with E-state index in [-0.39, 0.29) is 25.2 Å². The molecule has 0 unspecified atom stereocenters. The number of fused-ring (bicyclic) bond motifs is 1. The van der Waals surface area contributed by atoms with Crippen LogP contribution in [0.1, 0.15) is 0 Å². The van der Waals surface area contributed by atoms with E-state index in [2.05, 4.69) is 50.2 Å². The molecule has 0 saturated heterocycles. The van der Waals surface area contributed by atoms with Crippen LogP contribution in [0, 0.1) is 7.14 Å². The van der Waals surface area contributed by atoms with Gasteiger partial charge in [0.15, 0.2) is 5.75 Å². The van der Waals surface area contributed by atoms with Gasteiger partial charge < -0.3 is 5.11 Å². The second-order valence-corrected chi connectivity index (χ2v) is 4.91. The number of nitrogens with zero attached hydrogens (tertiary/aromatic N) is 1. The second kappa shape index (κ2) is 5.03. The van der Waals surface area contributed by atoms with Crippen molar-refractivity contribution in [2.45, 2.75) is 0 Å². The second-order valence-electron chi connectivity index (χ2n) is 2.59. The summed E-state index contributed by atoms with van der Waals surface area (Å²) >= 11 is 4.35. The summed E-state index contributed by atoms with van der Waals surface area (Å²) in [5.74, 6) is 0.275. The van der Waals surface area contributed by atoms with E-state index in [1.807, 2.05) is 18.2 Å². The maximum Gasteiger partial charge on any atom is 0.155 e. The van der Waals surface area contributed by atoms with Crippen molar-refractivity contribution in [3.05, 3.63) is 31.5 Å². The molecule has 0 aliphatic carbocycles. The minimum atomic E-state index is 0. The third-order valence-corrected chi connectivity index (χ3v) is 3.48. The van der Waals surface area contributed by atoms with Gasteiger partial charge in [-0.05, 0) is 57.3 Å². The van der Waals surface area contributed by atoms with Gasteiger partial charge in [0.25, 0.3) is 0 Å². The van der Waals surface area contributed by atoms with E-state index < -0.39 is 0 Å². The van der Waals surface area contributed by atoms with Gasteiger partial charge in [-0.25, -0.2) is 0 Å². The monoisotopic (exact) mass is 461 g/mol. The Balaban J connectivity index is 0.000000980. The zero-order chi connectivity index (χ0) is 9.42. The summed E-state index contributed by atoms with van der Waals surface area (Å²) in [6.07, 6.45) is 1.69. The molecule has 5 heteroatoms. The van der Waals surface area contributed by atoms with Crippen LogP contribution >= 0.6 is 45.2 Å². The van der Waals surface area contributed by atoms with Gasteiger partial charge in [0, 0.05) is 34.6 Å². The molecule has 2 rings (SSSR count). The van der Waals surface area contributed by atoms with Crippen LogP contribution in [-0.2, 0) is 19.5 Å². The third-order valence-electron chi connectivity index (χ3n) is 1.77. The molecule has 0 saturated carbocycles. The SMILES string of the molecule is Oc1c(I)cc(I)c2cccnc12.[Zn]. The summed E-state index contributed by atoms with van der Waals surface area (Å²) < 4.78 is 1.95. The first-order valence-electron chi connectivity index (χ1n) is 3.62. The van der Waals surface area contributed by atoms with Crippen LogP contribution in [0.5, 0.6) is 5.75 Å². The standard InChI is InChI=1S/C9H5I2NO.Zn/c10-6-4-7(11)9(13)8-5(6)2-1-3-12-8;/h1-4,13H;. The molecule has 0 spiro atoms. The van der Waals surface area contributed by atoms with Crippen LogP contribution in [-0.4, -0.2) is 10.1 Å². The number of pyridine rings is 1. The Bertz CT molecular complexity index is 476. The molecule has 2 aromatic rings. The fraction of sp³-hybridized carbons (Fsp3) is 0. The van der Waals surface area contributed by atoms with Gasteiger partial charge in [-0.3, -0.25) is 4.98 Å². The molecule has 2 nitrogen and oxygen atoms in total. The fourth-order valence-corrected chi connectivity index (χ4v) is 3.07. The van der Waals surface area contributed by atoms with Crippen LogP contribution in [0.4, 0.5) is 0 Å². The summed E-state index contributed by atoms with van der Waals surface area (Å²) in [4.78, 5) is 4.14. The Labute approximate surface area is 122 Å². The van der Waals surface area contributed by atoms with Crippen molar-refractivity contribution in [2.75, 3.05) is 0 Å². The molecule has 1 N–H and O–H groups in total. The van der Waals surface area contributed by atoms with Crippen molar-refractivity contribution < 1.29 is 24.6 Å². The molecule has 0 atom stereocenters. The number of phenols is 1. The summed E-state index contributed by atoms with van der Waals surface area (Å²) in [6.45, 7) is 0. The Hall–Kier alpha value is 0.513. The quantitative estimate of drug-likeness (QED) is 0.482. The Morgan fingerprint density at radius 2 is 1.93 bits per heavy atom. The van der Waals surface area contributed by atoms with Crippen LogP contribution in [0.2, 0.25) is 0 Å². The van der Waals surface area contributed by atoms with Crippen LogP contribution in [0.15, 0.2) is 24.4 Å². The van der Waals surface area contributed by atoms with Gasteiger partial charge >= 0.3 is 0 Å². The molecule has 0 amide bonds. The van der Waals surface area contributed by atoms with E-state index in [1.165, 1.54) is 0 Å². The maximum absolute atomic E-state index is 9.71. The van der Waals surface area contributed by atoms with Crippen molar-refractivity contribution in [3.63, 3.8) is 0 Å². The number of halogens is 2. The van der Waals surface area contributed by atoms with Gasteiger partial charge in [0.05, 0.1) is 3.57 Å². The predicted octanol–water partition coefficient (Wildman–Crippen LogP) is 3.15. The molecule has 0 radical (unpaired) electrons. The van der Waals surface area contributed by atoms with Crippen LogP contribution < -0.4 is 0 Å². The van der Waals surface area contributed by atoms with Crippen molar-refractivity contribution in [3.8, 4) is 5.75 Å². The smallest absolute Gasteiger partial charge is 0.155 e. The van der Waals surface area contributed by atoms with E-state index in [1.54, 1.807) is 6.20 Å². The average molecular weight is 462 g/mol. The zero-order valence-corrected chi connectivity index (χ0v) is 14.4. The predicted molar refractivity (Wildman–Crippen MR) is 68.8 cm³/mol. The Morgan fingerprint density at radius 3 is 2.64 bits per heavy atom. The molecule has 1 aromatic heterocycles. The molecule has 14 heavy (non-hydrogen) atoms. The normalized spacial score (nSPS) is 9.86. The zero-order valence-electron chi connectivity index (χ0n) is 7.17. The number of benzene rings is 1. The molecule has 0 aliphatic rings. The first kappa shape index (κ1) is 12.6. The topological polar surface area (TPSA) is 33.1 Å². The van der Waals surface area contributed by atoms with Crippen molar-refractivity contribution in [1.29, 1.82) is 0 Å². The first-order chi connectivity index (χ1) is 6.20. The average Bonchev–Trinajstić information content (AvgIpc) is 2.15. The Morgan fingerprint density at radius 1 is 1.21 bits per heavy atom. The molecular weight excluding hydrogens is 457 g/mol. The van der Waals surface area contributed by atoms with E-state index in [0.29, 0.717) is 5.52 Å².